The van der Waals surface area contributed by atoms with Crippen LogP contribution >= 0.6 is 11.3 Å². The highest BCUT2D eigenvalue weighted by Crippen LogP contribution is 2.34. The summed E-state index contributed by atoms with van der Waals surface area (Å²) in [7, 11) is -3.78. The van der Waals surface area contributed by atoms with E-state index in [1.165, 1.54) is 14.7 Å². The predicted molar refractivity (Wildman–Crippen MR) is 144 cm³/mol. The molecule has 36 heavy (non-hydrogen) atoms. The molecular weight excluding hydrogens is 492 g/mol. The Hall–Kier alpha value is -2.68. The van der Waals surface area contributed by atoms with E-state index < -0.39 is 10.0 Å². The Bertz CT molecular complexity index is 1280. The Morgan fingerprint density at radius 1 is 1.11 bits per heavy atom. The van der Waals surface area contributed by atoms with E-state index in [1.54, 1.807) is 47.4 Å². The van der Waals surface area contributed by atoms with Gasteiger partial charge in [0, 0.05) is 18.0 Å². The van der Waals surface area contributed by atoms with Crippen LogP contribution in [-0.4, -0.2) is 49.8 Å². The van der Waals surface area contributed by atoms with Crippen LogP contribution in [0.3, 0.4) is 0 Å². The molecule has 6 nitrogen and oxygen atoms in total. The first-order chi connectivity index (χ1) is 17.2. The normalized spacial score (nSPS) is 15.8. The van der Waals surface area contributed by atoms with Crippen molar-refractivity contribution in [1.82, 2.24) is 9.21 Å². The summed E-state index contributed by atoms with van der Waals surface area (Å²) in [5.41, 5.74) is 3.31. The van der Waals surface area contributed by atoms with Crippen LogP contribution in [-0.2, 0) is 21.2 Å². The summed E-state index contributed by atoms with van der Waals surface area (Å²) in [4.78, 5) is 16.8. The van der Waals surface area contributed by atoms with Crippen molar-refractivity contribution in [2.45, 2.75) is 51.0 Å². The van der Waals surface area contributed by atoms with Crippen molar-refractivity contribution >= 4 is 27.3 Å². The van der Waals surface area contributed by atoms with Crippen LogP contribution in [0.15, 0.2) is 64.9 Å². The molecule has 0 aliphatic carbocycles. The molecule has 0 fully saturated rings. The van der Waals surface area contributed by atoms with E-state index in [1.807, 2.05) is 24.4 Å². The second kappa shape index (κ2) is 11.2. The SMILES string of the molecule is CCN(CC(=O)N1CCc2sccc2[C@@H]1COc1ccc(C(C)C)cc1)S(=O)(=O)c1ccc(C)cc1. The molecule has 2 heterocycles. The van der Waals surface area contributed by atoms with Gasteiger partial charge in [0.05, 0.1) is 17.5 Å². The van der Waals surface area contributed by atoms with Gasteiger partial charge in [-0.3, -0.25) is 4.79 Å². The molecule has 3 aromatic rings. The average molecular weight is 527 g/mol. The van der Waals surface area contributed by atoms with E-state index in [4.69, 9.17) is 4.74 Å². The van der Waals surface area contributed by atoms with Gasteiger partial charge in [-0.05, 0) is 66.1 Å². The topological polar surface area (TPSA) is 66.9 Å². The van der Waals surface area contributed by atoms with Crippen molar-refractivity contribution in [1.29, 1.82) is 0 Å². The lowest BCUT2D eigenvalue weighted by Crippen LogP contribution is -2.47. The lowest BCUT2D eigenvalue weighted by molar-refractivity contribution is -0.135. The Labute approximate surface area is 218 Å². The van der Waals surface area contributed by atoms with Crippen molar-refractivity contribution in [2.24, 2.45) is 0 Å². The number of thiophene rings is 1. The van der Waals surface area contributed by atoms with Crippen LogP contribution in [0.2, 0.25) is 0 Å². The number of fused-ring (bicyclic) bond motifs is 1. The molecule has 8 heteroatoms. The molecule has 1 atom stereocenters. The standard InChI is InChI=1S/C28H34N2O4S2/c1-5-29(36(32,33)24-12-6-21(4)7-13-24)18-28(31)30-16-14-27-25(15-17-35-27)26(30)19-34-23-10-8-22(9-11-23)20(2)3/h6-13,15,17,20,26H,5,14,16,18-19H2,1-4H3/t26-/m0/s1. The van der Waals surface area contributed by atoms with Crippen molar-refractivity contribution < 1.29 is 17.9 Å². The molecule has 0 spiro atoms. The minimum absolute atomic E-state index is 0.200. The fourth-order valence-corrected chi connectivity index (χ4v) is 6.79. The monoisotopic (exact) mass is 526 g/mol. The Kier molecular flexibility index (Phi) is 8.17. The van der Waals surface area contributed by atoms with Crippen molar-refractivity contribution in [3.63, 3.8) is 0 Å². The van der Waals surface area contributed by atoms with E-state index >= 15 is 0 Å². The summed E-state index contributed by atoms with van der Waals surface area (Å²) in [6, 6.07) is 16.6. The highest BCUT2D eigenvalue weighted by atomic mass is 32.2. The Morgan fingerprint density at radius 3 is 2.44 bits per heavy atom. The minimum atomic E-state index is -3.78. The predicted octanol–water partition coefficient (Wildman–Crippen LogP) is 5.40. The van der Waals surface area contributed by atoms with Gasteiger partial charge in [0.15, 0.2) is 0 Å². The number of hydrogen-bond acceptors (Lipinski definition) is 5. The zero-order valence-electron chi connectivity index (χ0n) is 21.3. The van der Waals surface area contributed by atoms with E-state index in [9.17, 15) is 13.2 Å². The van der Waals surface area contributed by atoms with Gasteiger partial charge in [-0.2, -0.15) is 4.31 Å². The number of benzene rings is 2. The maximum absolute atomic E-state index is 13.5. The number of rotatable bonds is 9. The second-order valence-electron chi connectivity index (χ2n) is 9.43. The summed E-state index contributed by atoms with van der Waals surface area (Å²) in [6.45, 7) is 8.83. The lowest BCUT2D eigenvalue weighted by Gasteiger charge is -2.36. The van der Waals surface area contributed by atoms with Gasteiger partial charge >= 0.3 is 0 Å². The molecule has 0 saturated heterocycles. The molecule has 2 aromatic carbocycles. The van der Waals surface area contributed by atoms with Gasteiger partial charge in [-0.15, -0.1) is 11.3 Å². The number of ether oxygens (including phenoxy) is 1. The van der Waals surface area contributed by atoms with Crippen molar-refractivity contribution in [3.05, 3.63) is 81.5 Å². The van der Waals surface area contributed by atoms with Crippen LogP contribution in [0, 0.1) is 6.92 Å². The average Bonchev–Trinajstić information content (AvgIpc) is 3.35. The number of carbonyl (C=O) groups is 1. The summed E-state index contributed by atoms with van der Waals surface area (Å²) in [5, 5.41) is 2.04. The third-order valence-electron chi connectivity index (χ3n) is 6.69. The number of aryl methyl sites for hydroxylation is 1. The molecule has 0 N–H and O–H groups in total. The van der Waals surface area contributed by atoms with Gasteiger partial charge in [-0.25, -0.2) is 8.42 Å². The molecule has 1 aromatic heterocycles. The van der Waals surface area contributed by atoms with E-state index in [0.717, 1.165) is 23.3 Å². The number of carbonyl (C=O) groups excluding carboxylic acids is 1. The van der Waals surface area contributed by atoms with Crippen LogP contribution in [0.25, 0.3) is 0 Å². The van der Waals surface area contributed by atoms with Crippen LogP contribution in [0.1, 0.15) is 54.3 Å². The highest BCUT2D eigenvalue weighted by molar-refractivity contribution is 7.89. The maximum Gasteiger partial charge on any atom is 0.243 e. The first kappa shape index (κ1) is 26.4. The van der Waals surface area contributed by atoms with Crippen LogP contribution in [0.4, 0.5) is 0 Å². The third kappa shape index (κ3) is 5.66. The molecule has 0 bridgehead atoms. The van der Waals surface area contributed by atoms with Crippen molar-refractivity contribution in [3.8, 4) is 5.75 Å². The third-order valence-corrected chi connectivity index (χ3v) is 9.62. The zero-order chi connectivity index (χ0) is 25.9. The summed E-state index contributed by atoms with van der Waals surface area (Å²) in [5.74, 6) is 0.982. The molecule has 1 aliphatic rings. The zero-order valence-corrected chi connectivity index (χ0v) is 22.9. The lowest BCUT2D eigenvalue weighted by atomic mass is 10.0. The fourth-order valence-electron chi connectivity index (χ4n) is 4.47. The molecule has 0 unspecified atom stereocenters. The van der Waals surface area contributed by atoms with E-state index in [2.05, 4.69) is 32.0 Å². The van der Waals surface area contributed by atoms with Gasteiger partial charge < -0.3 is 9.64 Å². The van der Waals surface area contributed by atoms with Gasteiger partial charge in [-0.1, -0.05) is 50.6 Å². The number of sulfonamides is 1. The van der Waals surface area contributed by atoms with Gasteiger partial charge in [0.25, 0.3) is 0 Å². The molecule has 192 valence electrons. The largest absolute Gasteiger partial charge is 0.491 e. The second-order valence-corrected chi connectivity index (χ2v) is 12.4. The van der Waals surface area contributed by atoms with Crippen molar-refractivity contribution in [2.75, 3.05) is 26.2 Å². The molecule has 1 aliphatic heterocycles. The number of likely N-dealkylation sites (N-methyl/N-ethyl adjacent to an activating group) is 1. The van der Waals surface area contributed by atoms with Gasteiger partial charge in [0.2, 0.25) is 15.9 Å². The minimum Gasteiger partial charge on any atom is -0.491 e. The first-order valence-electron chi connectivity index (χ1n) is 12.4. The smallest absolute Gasteiger partial charge is 0.243 e. The molecular formula is C28H34N2O4S2. The quantitative estimate of drug-likeness (QED) is 0.375. The number of amides is 1. The van der Waals surface area contributed by atoms with E-state index in [-0.39, 0.29) is 29.9 Å². The Morgan fingerprint density at radius 2 is 1.81 bits per heavy atom. The Balaban J connectivity index is 1.52. The summed E-state index contributed by atoms with van der Waals surface area (Å²) in [6.07, 6.45) is 0.759. The maximum atomic E-state index is 13.5. The number of hydrogen-bond donors (Lipinski definition) is 0. The van der Waals surface area contributed by atoms with Crippen LogP contribution < -0.4 is 4.74 Å². The molecule has 1 amide bonds. The number of nitrogens with zero attached hydrogens (tertiary/aromatic N) is 2. The molecule has 0 saturated carbocycles. The van der Waals surface area contributed by atoms with E-state index in [0.29, 0.717) is 19.1 Å². The molecule has 0 radical (unpaired) electrons. The van der Waals surface area contributed by atoms with Gasteiger partial charge in [0.1, 0.15) is 12.4 Å². The highest BCUT2D eigenvalue weighted by Gasteiger charge is 2.34. The summed E-state index contributed by atoms with van der Waals surface area (Å²) < 4.78 is 33.9. The fraction of sp³-hybridized carbons (Fsp3) is 0.393. The van der Waals surface area contributed by atoms with Crippen LogP contribution in [0.5, 0.6) is 5.75 Å². The first-order valence-corrected chi connectivity index (χ1v) is 14.7. The molecule has 4 rings (SSSR count). The summed E-state index contributed by atoms with van der Waals surface area (Å²) >= 11 is 1.69.